The Morgan fingerprint density at radius 3 is 2.69 bits per heavy atom. The van der Waals surface area contributed by atoms with Gasteiger partial charge in [0, 0.05) is 14.1 Å². The molecule has 0 bridgehead atoms. The van der Waals surface area contributed by atoms with E-state index in [1.165, 1.54) is 12.4 Å². The molecular formula is C7H10N2O2S2. The molecule has 0 N–H and O–H groups in total. The summed E-state index contributed by atoms with van der Waals surface area (Å²) in [6.45, 7) is 0. The summed E-state index contributed by atoms with van der Waals surface area (Å²) in [5.41, 5.74) is 0. The largest absolute Gasteiger partial charge is 0.368 e. The molecule has 1 aromatic rings. The molecule has 0 unspecified atom stereocenters. The number of rotatable bonds is 3. The van der Waals surface area contributed by atoms with Gasteiger partial charge in [-0.15, -0.1) is 15.7 Å². The molecule has 4 nitrogen and oxygen atoms in total. The SMILES string of the molecule is CN(C)C=NS(=O)(=O)c1cccs1. The minimum atomic E-state index is -3.47. The summed E-state index contributed by atoms with van der Waals surface area (Å²) in [4.78, 5) is 1.57. The van der Waals surface area contributed by atoms with E-state index in [4.69, 9.17) is 0 Å². The monoisotopic (exact) mass is 218 g/mol. The van der Waals surface area contributed by atoms with Crippen molar-refractivity contribution >= 4 is 27.7 Å². The molecule has 0 saturated carbocycles. The average molecular weight is 218 g/mol. The van der Waals surface area contributed by atoms with Crippen LogP contribution in [0.3, 0.4) is 0 Å². The molecule has 0 aromatic carbocycles. The summed E-state index contributed by atoms with van der Waals surface area (Å²) >= 11 is 1.16. The molecule has 1 aromatic heterocycles. The van der Waals surface area contributed by atoms with Gasteiger partial charge in [-0.2, -0.15) is 8.42 Å². The van der Waals surface area contributed by atoms with E-state index in [0.717, 1.165) is 11.3 Å². The zero-order chi connectivity index (χ0) is 9.90. The molecule has 0 fully saturated rings. The van der Waals surface area contributed by atoms with Gasteiger partial charge in [0.2, 0.25) is 0 Å². The molecular weight excluding hydrogens is 208 g/mol. The van der Waals surface area contributed by atoms with Crippen LogP contribution in [0.5, 0.6) is 0 Å². The maximum atomic E-state index is 11.4. The van der Waals surface area contributed by atoms with Crippen molar-refractivity contribution in [3.63, 3.8) is 0 Å². The first-order chi connectivity index (χ1) is 6.02. The molecule has 0 radical (unpaired) electrons. The van der Waals surface area contributed by atoms with E-state index < -0.39 is 10.0 Å². The Morgan fingerprint density at radius 2 is 2.23 bits per heavy atom. The van der Waals surface area contributed by atoms with E-state index >= 15 is 0 Å². The smallest absolute Gasteiger partial charge is 0.293 e. The molecule has 13 heavy (non-hydrogen) atoms. The van der Waals surface area contributed by atoms with Gasteiger partial charge in [0.1, 0.15) is 10.5 Å². The number of hydrogen-bond acceptors (Lipinski definition) is 3. The Morgan fingerprint density at radius 1 is 1.54 bits per heavy atom. The van der Waals surface area contributed by atoms with Crippen molar-refractivity contribution in [1.29, 1.82) is 0 Å². The maximum absolute atomic E-state index is 11.4. The van der Waals surface area contributed by atoms with E-state index in [2.05, 4.69) is 4.40 Å². The first kappa shape index (κ1) is 10.2. The average Bonchev–Trinajstić information content (AvgIpc) is 2.53. The topological polar surface area (TPSA) is 49.7 Å². The quantitative estimate of drug-likeness (QED) is 0.562. The number of hydrogen-bond donors (Lipinski definition) is 0. The first-order valence-corrected chi connectivity index (χ1v) is 5.85. The highest BCUT2D eigenvalue weighted by Crippen LogP contribution is 2.17. The van der Waals surface area contributed by atoms with Crippen LogP contribution >= 0.6 is 11.3 Å². The van der Waals surface area contributed by atoms with E-state index in [-0.39, 0.29) is 4.21 Å². The van der Waals surface area contributed by atoms with Gasteiger partial charge >= 0.3 is 0 Å². The summed E-state index contributed by atoms with van der Waals surface area (Å²) in [5, 5.41) is 1.71. The van der Waals surface area contributed by atoms with Gasteiger partial charge in [0.25, 0.3) is 10.0 Å². The second-order valence-corrected chi connectivity index (χ2v) is 5.40. The molecule has 0 atom stereocenters. The summed E-state index contributed by atoms with van der Waals surface area (Å²) < 4.78 is 26.5. The molecule has 0 aliphatic carbocycles. The third kappa shape index (κ3) is 2.82. The van der Waals surface area contributed by atoms with E-state index in [9.17, 15) is 8.42 Å². The standard InChI is InChI=1S/C7H10N2O2S2/c1-9(2)6-8-13(10,11)7-4-3-5-12-7/h3-6H,1-2H3. The highest BCUT2D eigenvalue weighted by molar-refractivity contribution is 7.92. The molecule has 0 spiro atoms. The van der Waals surface area contributed by atoms with Gasteiger partial charge in [-0.3, -0.25) is 0 Å². The normalized spacial score (nSPS) is 12.2. The molecule has 6 heteroatoms. The number of nitrogens with zero attached hydrogens (tertiary/aromatic N) is 2. The van der Waals surface area contributed by atoms with Crippen molar-refractivity contribution in [2.45, 2.75) is 4.21 Å². The van der Waals surface area contributed by atoms with Crippen LogP contribution < -0.4 is 0 Å². The Balaban J connectivity index is 2.92. The van der Waals surface area contributed by atoms with Crippen molar-refractivity contribution in [3.8, 4) is 0 Å². The fourth-order valence-electron chi connectivity index (χ4n) is 0.619. The molecule has 1 rings (SSSR count). The van der Waals surface area contributed by atoms with Gasteiger partial charge in [-0.25, -0.2) is 0 Å². The Hall–Kier alpha value is -0.880. The van der Waals surface area contributed by atoms with Gasteiger partial charge < -0.3 is 4.90 Å². The van der Waals surface area contributed by atoms with E-state index in [0.29, 0.717) is 0 Å². The molecule has 72 valence electrons. The van der Waals surface area contributed by atoms with Crippen LogP contribution in [0, 0.1) is 0 Å². The predicted molar refractivity (Wildman–Crippen MR) is 53.7 cm³/mol. The maximum Gasteiger partial charge on any atom is 0.293 e. The van der Waals surface area contributed by atoms with Crippen LogP contribution in [0.2, 0.25) is 0 Å². The fourth-order valence-corrected chi connectivity index (χ4v) is 2.52. The van der Waals surface area contributed by atoms with Crippen molar-refractivity contribution in [2.75, 3.05) is 14.1 Å². The predicted octanol–water partition coefficient (Wildman–Crippen LogP) is 1.03. The van der Waals surface area contributed by atoms with Crippen LogP contribution in [0.25, 0.3) is 0 Å². The zero-order valence-corrected chi connectivity index (χ0v) is 8.97. The Labute approximate surface area is 81.6 Å². The van der Waals surface area contributed by atoms with Crippen LogP contribution in [0.1, 0.15) is 0 Å². The molecule has 1 heterocycles. The first-order valence-electron chi connectivity index (χ1n) is 3.53. The van der Waals surface area contributed by atoms with Crippen LogP contribution in [-0.4, -0.2) is 33.8 Å². The molecule has 0 aliphatic heterocycles. The van der Waals surface area contributed by atoms with Gasteiger partial charge in [-0.05, 0) is 11.4 Å². The van der Waals surface area contributed by atoms with E-state index in [1.807, 2.05) is 0 Å². The lowest BCUT2D eigenvalue weighted by atomic mass is 10.7. The van der Waals surface area contributed by atoms with Crippen molar-refractivity contribution < 1.29 is 8.42 Å². The van der Waals surface area contributed by atoms with Crippen LogP contribution in [0.4, 0.5) is 0 Å². The van der Waals surface area contributed by atoms with Crippen LogP contribution in [-0.2, 0) is 10.0 Å². The Bertz CT molecular complexity index is 379. The number of sulfonamides is 1. The third-order valence-electron chi connectivity index (χ3n) is 1.17. The fraction of sp³-hybridized carbons (Fsp3) is 0.286. The number of thiophene rings is 1. The van der Waals surface area contributed by atoms with Gasteiger partial charge in [0.05, 0.1) is 0 Å². The molecule has 0 saturated heterocycles. The zero-order valence-electron chi connectivity index (χ0n) is 7.34. The van der Waals surface area contributed by atoms with Crippen molar-refractivity contribution in [1.82, 2.24) is 4.90 Å². The van der Waals surface area contributed by atoms with E-state index in [1.54, 1.807) is 30.4 Å². The second kappa shape index (κ2) is 3.89. The third-order valence-corrected chi connectivity index (χ3v) is 3.76. The van der Waals surface area contributed by atoms with Gasteiger partial charge in [-0.1, -0.05) is 6.07 Å². The highest BCUT2D eigenvalue weighted by Gasteiger charge is 2.11. The lowest BCUT2D eigenvalue weighted by Gasteiger charge is -2.01. The summed E-state index contributed by atoms with van der Waals surface area (Å²) in [5.74, 6) is 0. The lowest BCUT2D eigenvalue weighted by Crippen LogP contribution is -2.09. The Kier molecular flexibility index (Phi) is 3.05. The highest BCUT2D eigenvalue weighted by atomic mass is 32.2. The van der Waals surface area contributed by atoms with Crippen molar-refractivity contribution in [2.24, 2.45) is 4.40 Å². The summed E-state index contributed by atoms with van der Waals surface area (Å²) in [6, 6.07) is 3.22. The van der Waals surface area contributed by atoms with Crippen molar-refractivity contribution in [3.05, 3.63) is 17.5 Å². The minimum Gasteiger partial charge on any atom is -0.368 e. The summed E-state index contributed by atoms with van der Waals surface area (Å²) in [7, 11) is -0.0343. The summed E-state index contributed by atoms with van der Waals surface area (Å²) in [6.07, 6.45) is 1.27. The molecule has 0 amide bonds. The second-order valence-electron chi connectivity index (χ2n) is 2.59. The minimum absolute atomic E-state index is 0.269. The van der Waals surface area contributed by atoms with Gasteiger partial charge in [0.15, 0.2) is 0 Å². The van der Waals surface area contributed by atoms with Crippen LogP contribution in [0.15, 0.2) is 26.1 Å². The lowest BCUT2D eigenvalue weighted by molar-refractivity contribution is 0.596. The molecule has 0 aliphatic rings.